The fourth-order valence-electron chi connectivity index (χ4n) is 1.42. The highest BCUT2D eigenvalue weighted by atomic mass is 35.5. The minimum Gasteiger partial charge on any atom is -0.379 e. The molecule has 1 rings (SSSR count). The van der Waals surface area contributed by atoms with E-state index in [-0.39, 0.29) is 10.7 Å². The van der Waals surface area contributed by atoms with Crippen LogP contribution in [0.2, 0.25) is 10.0 Å². The molecule has 0 aliphatic rings. The molecule has 1 aromatic carbocycles. The molecule has 4 nitrogen and oxygen atoms in total. The Labute approximate surface area is 120 Å². The summed E-state index contributed by atoms with van der Waals surface area (Å²) in [5.41, 5.74) is 0.368. The lowest BCUT2D eigenvalue weighted by Gasteiger charge is -2.08. The second-order valence-corrected chi connectivity index (χ2v) is 5.47. The monoisotopic (exact) mass is 308 g/mol. The number of hydrogen-bond donors (Lipinski definition) is 1. The summed E-state index contributed by atoms with van der Waals surface area (Å²) in [6.07, 6.45) is 4.08. The summed E-state index contributed by atoms with van der Waals surface area (Å²) >= 11 is 13.4. The van der Waals surface area contributed by atoms with Crippen molar-refractivity contribution in [2.24, 2.45) is 0 Å². The second kappa shape index (κ2) is 7.71. The van der Waals surface area contributed by atoms with Crippen LogP contribution >= 0.6 is 35.0 Å². The van der Waals surface area contributed by atoms with Gasteiger partial charge in [0.1, 0.15) is 5.69 Å². The number of nitrogens with zero attached hydrogens (tertiary/aromatic N) is 1. The maximum absolute atomic E-state index is 10.9. The second-order valence-electron chi connectivity index (χ2n) is 3.67. The Kier molecular flexibility index (Phi) is 6.60. The summed E-state index contributed by atoms with van der Waals surface area (Å²) < 4.78 is 0. The van der Waals surface area contributed by atoms with Gasteiger partial charge in [0, 0.05) is 12.6 Å². The average Bonchev–Trinajstić information content (AvgIpc) is 2.32. The minimum atomic E-state index is -0.466. The molecule has 1 aromatic rings. The molecule has 0 aliphatic carbocycles. The van der Waals surface area contributed by atoms with Gasteiger partial charge in [0.15, 0.2) is 0 Å². The number of halogens is 2. The molecule has 0 aliphatic heterocycles. The third kappa shape index (κ3) is 4.55. The van der Waals surface area contributed by atoms with Crippen molar-refractivity contribution in [3.8, 4) is 0 Å². The summed E-state index contributed by atoms with van der Waals surface area (Å²) in [7, 11) is 0. The first-order valence-electron chi connectivity index (χ1n) is 5.42. The van der Waals surface area contributed by atoms with Crippen LogP contribution in [0.3, 0.4) is 0 Å². The normalized spacial score (nSPS) is 10.4. The van der Waals surface area contributed by atoms with Crippen molar-refractivity contribution in [2.45, 2.75) is 12.8 Å². The Bertz CT molecular complexity index is 430. The van der Waals surface area contributed by atoms with Crippen LogP contribution in [0.1, 0.15) is 12.8 Å². The summed E-state index contributed by atoms with van der Waals surface area (Å²) in [5.74, 6) is 1.09. The standard InChI is InChI=1S/C11H14Cl2N2O2S/c1-18-5-3-2-4-14-10-6-8(12)9(13)7-11(10)15(16)17/h6-7,14H,2-5H2,1H3. The quantitative estimate of drug-likeness (QED) is 0.459. The smallest absolute Gasteiger partial charge is 0.293 e. The van der Waals surface area contributed by atoms with Crippen molar-refractivity contribution in [1.29, 1.82) is 0 Å². The fourth-order valence-corrected chi connectivity index (χ4v) is 2.24. The van der Waals surface area contributed by atoms with Crippen molar-refractivity contribution in [3.05, 3.63) is 32.3 Å². The van der Waals surface area contributed by atoms with Crippen LogP contribution in [0.25, 0.3) is 0 Å². The molecule has 0 saturated heterocycles. The number of nitro groups is 1. The highest BCUT2D eigenvalue weighted by Gasteiger charge is 2.16. The van der Waals surface area contributed by atoms with Crippen LogP contribution in [-0.4, -0.2) is 23.5 Å². The summed E-state index contributed by atoms with van der Waals surface area (Å²) in [4.78, 5) is 10.4. The molecule has 0 radical (unpaired) electrons. The van der Waals surface area contributed by atoms with Crippen LogP contribution in [-0.2, 0) is 0 Å². The van der Waals surface area contributed by atoms with E-state index in [1.165, 1.54) is 12.1 Å². The lowest BCUT2D eigenvalue weighted by Crippen LogP contribution is -2.04. The van der Waals surface area contributed by atoms with E-state index in [9.17, 15) is 10.1 Å². The molecule has 7 heteroatoms. The van der Waals surface area contributed by atoms with E-state index in [2.05, 4.69) is 11.6 Å². The van der Waals surface area contributed by atoms with Crippen molar-refractivity contribution < 1.29 is 4.92 Å². The van der Waals surface area contributed by atoms with Gasteiger partial charge in [-0.15, -0.1) is 0 Å². The third-order valence-corrected chi connectivity index (χ3v) is 3.75. The fraction of sp³-hybridized carbons (Fsp3) is 0.455. The molecule has 0 unspecified atom stereocenters. The summed E-state index contributed by atoms with van der Waals surface area (Å²) in [6, 6.07) is 2.77. The highest BCUT2D eigenvalue weighted by Crippen LogP contribution is 2.33. The zero-order valence-corrected chi connectivity index (χ0v) is 12.2. The van der Waals surface area contributed by atoms with Crippen molar-refractivity contribution in [1.82, 2.24) is 0 Å². The molecule has 0 bridgehead atoms. The molecular formula is C11H14Cl2N2O2S. The summed E-state index contributed by atoms with van der Waals surface area (Å²) in [6.45, 7) is 0.680. The molecule has 18 heavy (non-hydrogen) atoms. The molecule has 0 fully saturated rings. The number of benzene rings is 1. The van der Waals surface area contributed by atoms with Crippen molar-refractivity contribution in [2.75, 3.05) is 23.9 Å². The Morgan fingerprint density at radius 1 is 1.33 bits per heavy atom. The predicted octanol–water partition coefficient (Wildman–Crippen LogP) is 4.46. The highest BCUT2D eigenvalue weighted by molar-refractivity contribution is 7.98. The van der Waals surface area contributed by atoms with Gasteiger partial charge in [0.05, 0.1) is 15.0 Å². The number of anilines is 1. The van der Waals surface area contributed by atoms with Gasteiger partial charge in [0.2, 0.25) is 0 Å². The minimum absolute atomic E-state index is 0.0470. The first-order valence-corrected chi connectivity index (χ1v) is 7.57. The van der Waals surface area contributed by atoms with Crippen molar-refractivity contribution >= 4 is 46.3 Å². The molecule has 0 spiro atoms. The third-order valence-electron chi connectivity index (χ3n) is 2.33. The zero-order valence-electron chi connectivity index (χ0n) is 9.91. The Hall–Kier alpha value is -0.650. The van der Waals surface area contributed by atoms with Crippen LogP contribution in [0, 0.1) is 10.1 Å². The van der Waals surface area contributed by atoms with Crippen molar-refractivity contribution in [3.63, 3.8) is 0 Å². The van der Waals surface area contributed by atoms with E-state index in [1.807, 2.05) is 0 Å². The number of hydrogen-bond acceptors (Lipinski definition) is 4. The Morgan fingerprint density at radius 3 is 2.61 bits per heavy atom. The van der Waals surface area contributed by atoms with Gasteiger partial charge in [0.25, 0.3) is 5.69 Å². The first-order chi connectivity index (χ1) is 8.56. The Morgan fingerprint density at radius 2 is 2.00 bits per heavy atom. The molecule has 0 saturated carbocycles. The number of thioether (sulfide) groups is 1. The molecule has 0 heterocycles. The summed E-state index contributed by atoms with van der Waals surface area (Å²) in [5, 5.41) is 14.4. The van der Waals surface area contributed by atoms with Gasteiger partial charge in [-0.05, 0) is 30.9 Å². The maximum Gasteiger partial charge on any atom is 0.293 e. The zero-order chi connectivity index (χ0) is 13.5. The largest absolute Gasteiger partial charge is 0.379 e. The van der Waals surface area contributed by atoms with Crippen LogP contribution in [0.5, 0.6) is 0 Å². The number of nitro benzene ring substituents is 1. The number of rotatable bonds is 7. The van der Waals surface area contributed by atoms with E-state index in [1.54, 1.807) is 11.8 Å². The molecule has 1 N–H and O–H groups in total. The van der Waals surface area contributed by atoms with Gasteiger partial charge < -0.3 is 5.32 Å². The molecule has 0 aromatic heterocycles. The van der Waals surface area contributed by atoms with Gasteiger partial charge in [-0.2, -0.15) is 11.8 Å². The van der Waals surface area contributed by atoms with E-state index in [0.717, 1.165) is 18.6 Å². The topological polar surface area (TPSA) is 55.2 Å². The first kappa shape index (κ1) is 15.4. The van der Waals surface area contributed by atoms with Crippen LogP contribution in [0.4, 0.5) is 11.4 Å². The van der Waals surface area contributed by atoms with E-state index in [0.29, 0.717) is 17.3 Å². The number of unbranched alkanes of at least 4 members (excludes halogenated alkanes) is 1. The van der Waals surface area contributed by atoms with Gasteiger partial charge in [-0.3, -0.25) is 10.1 Å². The molecule has 0 atom stereocenters. The lowest BCUT2D eigenvalue weighted by molar-refractivity contribution is -0.383. The predicted molar refractivity (Wildman–Crippen MR) is 79.2 cm³/mol. The van der Waals surface area contributed by atoms with E-state index >= 15 is 0 Å². The molecule has 100 valence electrons. The van der Waals surface area contributed by atoms with Crippen LogP contribution < -0.4 is 5.32 Å². The molecule has 0 amide bonds. The van der Waals surface area contributed by atoms with E-state index < -0.39 is 4.92 Å². The van der Waals surface area contributed by atoms with Gasteiger partial charge >= 0.3 is 0 Å². The van der Waals surface area contributed by atoms with Gasteiger partial charge in [-0.25, -0.2) is 0 Å². The number of nitrogens with one attached hydrogen (secondary N) is 1. The van der Waals surface area contributed by atoms with Crippen LogP contribution in [0.15, 0.2) is 12.1 Å². The van der Waals surface area contributed by atoms with E-state index in [4.69, 9.17) is 23.2 Å². The Balaban J connectivity index is 2.68. The lowest BCUT2D eigenvalue weighted by atomic mass is 10.2. The average molecular weight is 309 g/mol. The van der Waals surface area contributed by atoms with Gasteiger partial charge in [-0.1, -0.05) is 23.2 Å². The molecular weight excluding hydrogens is 295 g/mol. The SMILES string of the molecule is CSCCCCNc1cc(Cl)c(Cl)cc1[N+](=O)[O-]. The maximum atomic E-state index is 10.9.